The van der Waals surface area contributed by atoms with Crippen molar-refractivity contribution in [2.45, 2.75) is 32.6 Å². The minimum atomic E-state index is -0.0173. The fourth-order valence-electron chi connectivity index (χ4n) is 1.52. The highest BCUT2D eigenvalue weighted by molar-refractivity contribution is 5.87. The predicted octanol–water partition coefficient (Wildman–Crippen LogP) is 0.525. The molecule has 0 bridgehead atoms. The molecule has 0 aromatic rings. The number of unbranched alkanes of at least 4 members (excludes halogenated alkanes) is 2. The van der Waals surface area contributed by atoms with E-state index >= 15 is 0 Å². The molecular weight excluding hydrogens is 180 g/mol. The van der Waals surface area contributed by atoms with Gasteiger partial charge in [-0.15, -0.1) is 0 Å². The molecule has 0 spiro atoms. The standard InChI is InChI=1S/C10H18N2O2/c1-2-3-4-6-12-7-5-9(13)11-8-10(12)14/h2-8H2,1H3,(H,11,13). The third kappa shape index (κ3) is 3.36. The van der Waals surface area contributed by atoms with Crippen molar-refractivity contribution in [1.82, 2.24) is 10.2 Å². The average molecular weight is 198 g/mol. The van der Waals surface area contributed by atoms with Crippen LogP contribution in [0.25, 0.3) is 0 Å². The molecule has 4 nitrogen and oxygen atoms in total. The summed E-state index contributed by atoms with van der Waals surface area (Å²) in [5.41, 5.74) is 0. The zero-order chi connectivity index (χ0) is 10.4. The van der Waals surface area contributed by atoms with E-state index in [0.29, 0.717) is 13.0 Å². The predicted molar refractivity (Wildman–Crippen MR) is 53.7 cm³/mol. The zero-order valence-corrected chi connectivity index (χ0v) is 8.71. The lowest BCUT2D eigenvalue weighted by Gasteiger charge is -2.19. The van der Waals surface area contributed by atoms with E-state index in [1.807, 2.05) is 0 Å². The highest BCUT2D eigenvalue weighted by Crippen LogP contribution is 2.02. The SMILES string of the molecule is CCCCCN1CCC(=O)NCC1=O. The Bertz CT molecular complexity index is 216. The number of nitrogens with one attached hydrogen (secondary N) is 1. The first-order chi connectivity index (χ1) is 6.74. The molecule has 0 aromatic heterocycles. The van der Waals surface area contributed by atoms with Crippen LogP contribution in [-0.4, -0.2) is 36.3 Å². The van der Waals surface area contributed by atoms with E-state index in [1.54, 1.807) is 4.90 Å². The molecule has 1 heterocycles. The Kier molecular flexibility index (Phi) is 4.43. The Hall–Kier alpha value is -1.06. The maximum atomic E-state index is 11.5. The smallest absolute Gasteiger partial charge is 0.241 e. The number of carbonyl (C=O) groups is 2. The van der Waals surface area contributed by atoms with Crippen molar-refractivity contribution in [3.63, 3.8) is 0 Å². The third-order valence-corrected chi connectivity index (χ3v) is 2.43. The largest absolute Gasteiger partial charge is 0.347 e. The van der Waals surface area contributed by atoms with Gasteiger partial charge in [-0.25, -0.2) is 0 Å². The summed E-state index contributed by atoms with van der Waals surface area (Å²) >= 11 is 0. The van der Waals surface area contributed by atoms with Crippen LogP contribution in [0.2, 0.25) is 0 Å². The van der Waals surface area contributed by atoms with Gasteiger partial charge >= 0.3 is 0 Å². The molecule has 0 radical (unpaired) electrons. The van der Waals surface area contributed by atoms with Gasteiger partial charge in [-0.2, -0.15) is 0 Å². The zero-order valence-electron chi connectivity index (χ0n) is 8.71. The monoisotopic (exact) mass is 198 g/mol. The fourth-order valence-corrected chi connectivity index (χ4v) is 1.52. The lowest BCUT2D eigenvalue weighted by atomic mass is 10.2. The van der Waals surface area contributed by atoms with Gasteiger partial charge in [-0.1, -0.05) is 19.8 Å². The summed E-state index contributed by atoms with van der Waals surface area (Å²) in [6.45, 7) is 3.68. The molecule has 80 valence electrons. The molecule has 1 saturated heterocycles. The molecule has 0 aromatic carbocycles. The van der Waals surface area contributed by atoms with Crippen LogP contribution in [0.5, 0.6) is 0 Å². The summed E-state index contributed by atoms with van der Waals surface area (Å²) in [6, 6.07) is 0. The van der Waals surface area contributed by atoms with E-state index in [0.717, 1.165) is 25.8 Å². The minimum Gasteiger partial charge on any atom is -0.347 e. The topological polar surface area (TPSA) is 49.4 Å². The van der Waals surface area contributed by atoms with E-state index in [9.17, 15) is 9.59 Å². The first kappa shape index (κ1) is 11.0. The third-order valence-electron chi connectivity index (χ3n) is 2.43. The fraction of sp³-hybridized carbons (Fsp3) is 0.800. The first-order valence-corrected chi connectivity index (χ1v) is 5.28. The molecule has 0 aliphatic carbocycles. The lowest BCUT2D eigenvalue weighted by Crippen LogP contribution is -2.35. The van der Waals surface area contributed by atoms with Crippen LogP contribution in [0.3, 0.4) is 0 Å². The van der Waals surface area contributed by atoms with Gasteiger partial charge in [0.2, 0.25) is 11.8 Å². The van der Waals surface area contributed by atoms with Crippen molar-refractivity contribution in [1.29, 1.82) is 0 Å². The number of carbonyl (C=O) groups excluding carboxylic acids is 2. The molecule has 1 fully saturated rings. The molecule has 0 saturated carbocycles. The van der Waals surface area contributed by atoms with Crippen molar-refractivity contribution in [2.75, 3.05) is 19.6 Å². The normalized spacial score (nSPS) is 17.9. The molecule has 14 heavy (non-hydrogen) atoms. The molecule has 1 aliphatic heterocycles. The molecule has 2 amide bonds. The summed E-state index contributed by atoms with van der Waals surface area (Å²) in [7, 11) is 0. The van der Waals surface area contributed by atoms with Gasteiger partial charge in [0.05, 0.1) is 6.54 Å². The van der Waals surface area contributed by atoms with Gasteiger partial charge in [0.15, 0.2) is 0 Å². The first-order valence-electron chi connectivity index (χ1n) is 5.28. The number of hydrogen-bond donors (Lipinski definition) is 1. The number of rotatable bonds is 4. The van der Waals surface area contributed by atoms with Crippen LogP contribution in [-0.2, 0) is 9.59 Å². The van der Waals surface area contributed by atoms with Crippen LogP contribution in [0.15, 0.2) is 0 Å². The number of amides is 2. The van der Waals surface area contributed by atoms with Gasteiger partial charge in [-0.05, 0) is 6.42 Å². The average Bonchev–Trinajstić information content (AvgIpc) is 2.33. The Balaban J connectivity index is 2.34. The van der Waals surface area contributed by atoms with Crippen LogP contribution in [0.1, 0.15) is 32.6 Å². The summed E-state index contributed by atoms with van der Waals surface area (Å²) in [4.78, 5) is 24.3. The molecular formula is C10H18N2O2. The summed E-state index contributed by atoms with van der Waals surface area (Å²) in [6.07, 6.45) is 3.78. The Morgan fingerprint density at radius 3 is 2.86 bits per heavy atom. The highest BCUT2D eigenvalue weighted by atomic mass is 16.2. The maximum Gasteiger partial charge on any atom is 0.241 e. The second kappa shape index (κ2) is 5.62. The van der Waals surface area contributed by atoms with Gasteiger partial charge < -0.3 is 10.2 Å². The Morgan fingerprint density at radius 1 is 1.36 bits per heavy atom. The van der Waals surface area contributed by atoms with E-state index in [1.165, 1.54) is 0 Å². The number of nitrogens with zero attached hydrogens (tertiary/aromatic N) is 1. The van der Waals surface area contributed by atoms with Crippen molar-refractivity contribution in [2.24, 2.45) is 0 Å². The van der Waals surface area contributed by atoms with E-state index < -0.39 is 0 Å². The Labute approximate surface area is 84.7 Å². The maximum absolute atomic E-state index is 11.5. The van der Waals surface area contributed by atoms with Crippen LogP contribution >= 0.6 is 0 Å². The van der Waals surface area contributed by atoms with Crippen LogP contribution < -0.4 is 5.32 Å². The van der Waals surface area contributed by atoms with Gasteiger partial charge in [0, 0.05) is 19.5 Å². The van der Waals surface area contributed by atoms with E-state index in [-0.39, 0.29) is 18.4 Å². The van der Waals surface area contributed by atoms with Gasteiger partial charge in [-0.3, -0.25) is 9.59 Å². The molecule has 1 rings (SSSR count). The van der Waals surface area contributed by atoms with Crippen molar-refractivity contribution in [3.05, 3.63) is 0 Å². The number of hydrogen-bond acceptors (Lipinski definition) is 2. The summed E-state index contributed by atoms with van der Waals surface area (Å²) in [5, 5.41) is 2.58. The lowest BCUT2D eigenvalue weighted by molar-refractivity contribution is -0.130. The van der Waals surface area contributed by atoms with E-state index in [4.69, 9.17) is 0 Å². The molecule has 1 N–H and O–H groups in total. The quantitative estimate of drug-likeness (QED) is 0.670. The van der Waals surface area contributed by atoms with Crippen LogP contribution in [0.4, 0.5) is 0 Å². The second-order valence-corrected chi connectivity index (χ2v) is 3.61. The molecule has 4 heteroatoms. The van der Waals surface area contributed by atoms with Gasteiger partial charge in [0.25, 0.3) is 0 Å². The summed E-state index contributed by atoms with van der Waals surface area (Å²) < 4.78 is 0. The molecule has 0 unspecified atom stereocenters. The van der Waals surface area contributed by atoms with Gasteiger partial charge in [0.1, 0.15) is 0 Å². The van der Waals surface area contributed by atoms with Crippen molar-refractivity contribution in [3.8, 4) is 0 Å². The van der Waals surface area contributed by atoms with Crippen molar-refractivity contribution < 1.29 is 9.59 Å². The van der Waals surface area contributed by atoms with Crippen molar-refractivity contribution >= 4 is 11.8 Å². The summed E-state index contributed by atoms with van der Waals surface area (Å²) in [5.74, 6) is 0.0308. The Morgan fingerprint density at radius 2 is 2.14 bits per heavy atom. The second-order valence-electron chi connectivity index (χ2n) is 3.61. The molecule has 1 aliphatic rings. The molecule has 0 atom stereocenters. The highest BCUT2D eigenvalue weighted by Gasteiger charge is 2.18. The minimum absolute atomic E-state index is 0.0173. The van der Waals surface area contributed by atoms with E-state index in [2.05, 4.69) is 12.2 Å². The van der Waals surface area contributed by atoms with Crippen LogP contribution in [0, 0.1) is 0 Å².